The van der Waals surface area contributed by atoms with Crippen molar-refractivity contribution in [3.05, 3.63) is 59.6 Å². The lowest BCUT2D eigenvalue weighted by molar-refractivity contribution is -0.118. The second-order valence-corrected chi connectivity index (χ2v) is 5.15. The van der Waals surface area contributed by atoms with E-state index in [0.717, 1.165) is 11.8 Å². The van der Waals surface area contributed by atoms with Crippen LogP contribution in [-0.2, 0) is 4.79 Å². The van der Waals surface area contributed by atoms with Gasteiger partial charge < -0.3 is 10.1 Å². The number of rotatable bonds is 5. The van der Waals surface area contributed by atoms with Crippen molar-refractivity contribution < 1.29 is 13.9 Å². The number of aromatic nitrogens is 4. The van der Waals surface area contributed by atoms with E-state index in [1.165, 1.54) is 23.1 Å². The molecule has 0 radical (unpaired) electrons. The number of hydrogen-bond acceptors (Lipinski definition) is 5. The van der Waals surface area contributed by atoms with Crippen LogP contribution < -0.4 is 10.1 Å². The summed E-state index contributed by atoms with van der Waals surface area (Å²) in [6, 6.07) is 10.8. The Hall–Kier alpha value is -3.00. The molecule has 0 unspecified atom stereocenters. The highest BCUT2D eigenvalue weighted by molar-refractivity contribution is 6.30. The van der Waals surface area contributed by atoms with Crippen LogP contribution in [0.4, 0.5) is 10.1 Å². The molecule has 7 nitrogen and oxygen atoms in total. The predicted octanol–water partition coefficient (Wildman–Crippen LogP) is 2.47. The number of amides is 1. The van der Waals surface area contributed by atoms with Gasteiger partial charge in [0.05, 0.1) is 11.4 Å². The van der Waals surface area contributed by atoms with Gasteiger partial charge in [-0.25, -0.2) is 9.07 Å². The molecule has 3 rings (SSSR count). The van der Waals surface area contributed by atoms with Crippen LogP contribution in [0.1, 0.15) is 0 Å². The fraction of sp³-hybridized carbons (Fsp3) is 0.0667. The minimum Gasteiger partial charge on any atom is -0.484 e. The van der Waals surface area contributed by atoms with E-state index in [2.05, 4.69) is 20.8 Å². The standard InChI is InChI=1S/C15H11ClFN5O2/c16-10-1-6-14(13(17)7-10)19-15(23)8-24-12-4-2-11(3-5-12)22-9-18-20-21-22/h1-7,9H,8H2,(H,19,23). The van der Waals surface area contributed by atoms with Gasteiger partial charge in [-0.05, 0) is 52.9 Å². The smallest absolute Gasteiger partial charge is 0.262 e. The van der Waals surface area contributed by atoms with Crippen molar-refractivity contribution in [1.29, 1.82) is 0 Å². The summed E-state index contributed by atoms with van der Waals surface area (Å²) in [5, 5.41) is 13.5. The Kier molecular flexibility index (Phi) is 4.66. The molecule has 0 bridgehead atoms. The van der Waals surface area contributed by atoms with Gasteiger partial charge in [-0.15, -0.1) is 5.10 Å². The Balaban J connectivity index is 1.56. The Morgan fingerprint density at radius 3 is 2.71 bits per heavy atom. The third-order valence-corrected chi connectivity index (χ3v) is 3.26. The van der Waals surface area contributed by atoms with Gasteiger partial charge >= 0.3 is 0 Å². The number of halogens is 2. The summed E-state index contributed by atoms with van der Waals surface area (Å²) in [6.45, 7) is -0.258. The highest BCUT2D eigenvalue weighted by atomic mass is 35.5. The summed E-state index contributed by atoms with van der Waals surface area (Å²) in [6.07, 6.45) is 1.46. The maximum Gasteiger partial charge on any atom is 0.262 e. The normalized spacial score (nSPS) is 10.4. The Morgan fingerprint density at radius 2 is 2.04 bits per heavy atom. The topological polar surface area (TPSA) is 81.9 Å². The van der Waals surface area contributed by atoms with Crippen LogP contribution in [0, 0.1) is 5.82 Å². The first-order valence-electron chi connectivity index (χ1n) is 6.83. The van der Waals surface area contributed by atoms with Gasteiger partial charge in [-0.1, -0.05) is 11.6 Å². The predicted molar refractivity (Wildman–Crippen MR) is 84.7 cm³/mol. The summed E-state index contributed by atoms with van der Waals surface area (Å²) in [7, 11) is 0. The lowest BCUT2D eigenvalue weighted by Gasteiger charge is -2.09. The fourth-order valence-electron chi connectivity index (χ4n) is 1.90. The quantitative estimate of drug-likeness (QED) is 0.766. The summed E-state index contributed by atoms with van der Waals surface area (Å²) < 4.78 is 20.4. The first-order chi connectivity index (χ1) is 11.6. The zero-order chi connectivity index (χ0) is 16.9. The van der Waals surface area contributed by atoms with Crippen molar-refractivity contribution in [2.75, 3.05) is 11.9 Å². The van der Waals surface area contributed by atoms with Crippen molar-refractivity contribution in [1.82, 2.24) is 20.2 Å². The van der Waals surface area contributed by atoms with Crippen LogP contribution in [0.15, 0.2) is 48.8 Å². The van der Waals surface area contributed by atoms with Crippen LogP contribution in [-0.4, -0.2) is 32.7 Å². The van der Waals surface area contributed by atoms with E-state index in [1.54, 1.807) is 24.3 Å². The Bertz CT molecular complexity index is 840. The monoisotopic (exact) mass is 347 g/mol. The van der Waals surface area contributed by atoms with Gasteiger partial charge in [0.2, 0.25) is 0 Å². The number of carbonyl (C=O) groups excluding carboxylic acids is 1. The summed E-state index contributed by atoms with van der Waals surface area (Å²) in [5.41, 5.74) is 0.794. The minimum atomic E-state index is -0.610. The van der Waals surface area contributed by atoms with E-state index in [-0.39, 0.29) is 17.3 Å². The third kappa shape index (κ3) is 3.85. The van der Waals surface area contributed by atoms with Crippen LogP contribution >= 0.6 is 11.6 Å². The maximum absolute atomic E-state index is 13.6. The Morgan fingerprint density at radius 1 is 1.25 bits per heavy atom. The van der Waals surface area contributed by atoms with Gasteiger partial charge in [-0.3, -0.25) is 4.79 Å². The molecule has 9 heteroatoms. The van der Waals surface area contributed by atoms with Crippen molar-refractivity contribution >= 4 is 23.2 Å². The number of hydrogen-bond donors (Lipinski definition) is 1. The molecule has 1 heterocycles. The molecule has 122 valence electrons. The first kappa shape index (κ1) is 15.9. The molecule has 3 aromatic rings. The molecule has 1 aromatic heterocycles. The molecule has 0 aliphatic carbocycles. The van der Waals surface area contributed by atoms with Gasteiger partial charge in [0.1, 0.15) is 17.9 Å². The molecule has 24 heavy (non-hydrogen) atoms. The zero-order valence-electron chi connectivity index (χ0n) is 12.2. The highest BCUT2D eigenvalue weighted by Crippen LogP contribution is 2.19. The van der Waals surface area contributed by atoms with E-state index in [4.69, 9.17) is 16.3 Å². The molecule has 0 spiro atoms. The molecular weight excluding hydrogens is 337 g/mol. The number of nitrogens with one attached hydrogen (secondary N) is 1. The highest BCUT2D eigenvalue weighted by Gasteiger charge is 2.08. The average molecular weight is 348 g/mol. The van der Waals surface area contributed by atoms with Crippen LogP contribution in [0.5, 0.6) is 5.75 Å². The zero-order valence-corrected chi connectivity index (χ0v) is 12.9. The molecule has 0 aliphatic heterocycles. The lowest BCUT2D eigenvalue weighted by atomic mass is 10.3. The Labute approximate surface area is 141 Å². The summed E-state index contributed by atoms with van der Waals surface area (Å²) in [4.78, 5) is 11.8. The van der Waals surface area contributed by atoms with E-state index < -0.39 is 11.7 Å². The molecular formula is C15H11ClFN5O2. The molecule has 0 atom stereocenters. The van der Waals surface area contributed by atoms with Crippen LogP contribution in [0.3, 0.4) is 0 Å². The second-order valence-electron chi connectivity index (χ2n) is 4.71. The minimum absolute atomic E-state index is 0.0435. The maximum atomic E-state index is 13.6. The second kappa shape index (κ2) is 7.05. The number of ether oxygens (including phenoxy) is 1. The number of benzene rings is 2. The number of carbonyl (C=O) groups is 1. The average Bonchev–Trinajstić information content (AvgIpc) is 3.11. The molecule has 0 saturated heterocycles. The van der Waals surface area contributed by atoms with Crippen molar-refractivity contribution in [3.63, 3.8) is 0 Å². The van der Waals surface area contributed by atoms with Gasteiger partial charge in [0.15, 0.2) is 6.61 Å². The van der Waals surface area contributed by atoms with E-state index in [1.807, 2.05) is 0 Å². The summed E-state index contributed by atoms with van der Waals surface area (Å²) in [5.74, 6) is -0.610. The van der Waals surface area contributed by atoms with E-state index >= 15 is 0 Å². The lowest BCUT2D eigenvalue weighted by Crippen LogP contribution is -2.20. The molecule has 0 fully saturated rings. The number of nitrogens with zero attached hydrogens (tertiary/aromatic N) is 4. The fourth-order valence-corrected chi connectivity index (χ4v) is 2.06. The van der Waals surface area contributed by atoms with Gasteiger partial charge in [-0.2, -0.15) is 0 Å². The summed E-state index contributed by atoms with van der Waals surface area (Å²) >= 11 is 5.65. The number of anilines is 1. The number of tetrazole rings is 1. The molecule has 0 saturated carbocycles. The van der Waals surface area contributed by atoms with Crippen molar-refractivity contribution in [3.8, 4) is 11.4 Å². The van der Waals surface area contributed by atoms with Crippen molar-refractivity contribution in [2.45, 2.75) is 0 Å². The van der Waals surface area contributed by atoms with Crippen LogP contribution in [0.25, 0.3) is 5.69 Å². The molecule has 0 aliphatic rings. The van der Waals surface area contributed by atoms with Crippen molar-refractivity contribution in [2.24, 2.45) is 0 Å². The SMILES string of the molecule is O=C(COc1ccc(-n2cnnn2)cc1)Nc1ccc(Cl)cc1F. The first-order valence-corrected chi connectivity index (χ1v) is 7.21. The largest absolute Gasteiger partial charge is 0.484 e. The van der Waals surface area contributed by atoms with Crippen LogP contribution in [0.2, 0.25) is 5.02 Å². The molecule has 1 N–H and O–H groups in total. The third-order valence-electron chi connectivity index (χ3n) is 3.03. The van der Waals surface area contributed by atoms with Gasteiger partial charge in [0.25, 0.3) is 5.91 Å². The molecule has 2 aromatic carbocycles. The molecule has 1 amide bonds. The van der Waals surface area contributed by atoms with Gasteiger partial charge in [0, 0.05) is 5.02 Å². The van der Waals surface area contributed by atoms with E-state index in [0.29, 0.717) is 5.75 Å². The van der Waals surface area contributed by atoms with E-state index in [9.17, 15) is 9.18 Å².